The van der Waals surface area contributed by atoms with Gasteiger partial charge in [0, 0.05) is 6.04 Å². The van der Waals surface area contributed by atoms with Crippen LogP contribution >= 0.6 is 0 Å². The van der Waals surface area contributed by atoms with Gasteiger partial charge in [-0.2, -0.15) is 0 Å². The van der Waals surface area contributed by atoms with Gasteiger partial charge in [-0.25, -0.2) is 8.42 Å². The van der Waals surface area contributed by atoms with Gasteiger partial charge in [0.2, 0.25) is 5.91 Å². The lowest BCUT2D eigenvalue weighted by molar-refractivity contribution is -0.133. The van der Waals surface area contributed by atoms with Gasteiger partial charge in [0.15, 0.2) is 9.84 Å². The minimum atomic E-state index is -2.94. The molecular formula is C12H20N2O3S. The zero-order valence-corrected chi connectivity index (χ0v) is 11.7. The van der Waals surface area contributed by atoms with Crippen molar-refractivity contribution in [2.45, 2.75) is 50.9 Å². The fraction of sp³-hybridized carbons (Fsp3) is 0.917. The number of hydrogen-bond donors (Lipinski definition) is 1. The first-order valence-corrected chi connectivity index (χ1v) is 8.48. The van der Waals surface area contributed by atoms with E-state index in [-0.39, 0.29) is 35.2 Å². The lowest BCUT2D eigenvalue weighted by atomic mass is 10.1. The maximum Gasteiger partial charge on any atom is 0.244 e. The summed E-state index contributed by atoms with van der Waals surface area (Å²) in [6, 6.07) is -0.123. The molecule has 102 valence electrons. The minimum Gasteiger partial charge on any atom is -0.321 e. The van der Waals surface area contributed by atoms with Crippen LogP contribution in [0.3, 0.4) is 0 Å². The van der Waals surface area contributed by atoms with Crippen molar-refractivity contribution in [2.75, 3.05) is 11.5 Å². The predicted molar refractivity (Wildman–Crippen MR) is 67.6 cm³/mol. The van der Waals surface area contributed by atoms with Crippen molar-refractivity contribution in [3.63, 3.8) is 0 Å². The van der Waals surface area contributed by atoms with Crippen molar-refractivity contribution in [1.82, 2.24) is 10.2 Å². The average Bonchev–Trinajstić information content (AvgIpc) is 2.88. The average molecular weight is 272 g/mol. The Kier molecular flexibility index (Phi) is 2.55. The van der Waals surface area contributed by atoms with Crippen LogP contribution in [-0.4, -0.2) is 48.5 Å². The molecule has 3 rings (SSSR count). The molecule has 18 heavy (non-hydrogen) atoms. The van der Waals surface area contributed by atoms with Crippen molar-refractivity contribution in [2.24, 2.45) is 5.92 Å². The van der Waals surface area contributed by atoms with E-state index in [9.17, 15) is 13.2 Å². The molecule has 3 aliphatic rings. The van der Waals surface area contributed by atoms with Gasteiger partial charge < -0.3 is 4.90 Å². The first-order chi connectivity index (χ1) is 8.35. The zero-order chi connectivity index (χ0) is 13.1. The van der Waals surface area contributed by atoms with Crippen molar-refractivity contribution in [1.29, 1.82) is 0 Å². The zero-order valence-electron chi connectivity index (χ0n) is 10.8. The van der Waals surface area contributed by atoms with Gasteiger partial charge in [-0.05, 0) is 25.2 Å². The van der Waals surface area contributed by atoms with Crippen LogP contribution in [0, 0.1) is 5.92 Å². The Morgan fingerprint density at radius 2 is 2.06 bits per heavy atom. The van der Waals surface area contributed by atoms with Gasteiger partial charge in [0.1, 0.15) is 0 Å². The Bertz CT molecular complexity index is 482. The number of nitrogens with zero attached hydrogens (tertiary/aromatic N) is 1. The van der Waals surface area contributed by atoms with Crippen LogP contribution < -0.4 is 5.32 Å². The molecule has 0 aromatic heterocycles. The van der Waals surface area contributed by atoms with E-state index in [4.69, 9.17) is 0 Å². The van der Waals surface area contributed by atoms with Gasteiger partial charge in [-0.1, -0.05) is 13.8 Å². The van der Waals surface area contributed by atoms with Crippen molar-refractivity contribution < 1.29 is 13.2 Å². The summed E-state index contributed by atoms with van der Waals surface area (Å²) in [6.07, 6.45) is 2.38. The van der Waals surface area contributed by atoms with Crippen LogP contribution in [0.15, 0.2) is 0 Å². The van der Waals surface area contributed by atoms with E-state index >= 15 is 0 Å². The first kappa shape index (κ1) is 12.4. The van der Waals surface area contributed by atoms with Crippen LogP contribution in [0.4, 0.5) is 0 Å². The Labute approximate surface area is 108 Å². The highest BCUT2D eigenvalue weighted by molar-refractivity contribution is 7.91. The second-order valence-electron chi connectivity index (χ2n) is 6.18. The van der Waals surface area contributed by atoms with E-state index in [1.807, 2.05) is 4.90 Å². The minimum absolute atomic E-state index is 0.00157. The Morgan fingerprint density at radius 1 is 1.39 bits per heavy atom. The highest BCUT2D eigenvalue weighted by Gasteiger charge is 2.61. The smallest absolute Gasteiger partial charge is 0.244 e. The summed E-state index contributed by atoms with van der Waals surface area (Å²) < 4.78 is 23.2. The third-order valence-electron chi connectivity index (χ3n) is 4.35. The van der Waals surface area contributed by atoms with Crippen LogP contribution in [0.25, 0.3) is 0 Å². The van der Waals surface area contributed by atoms with E-state index in [1.54, 1.807) is 0 Å². The highest BCUT2D eigenvalue weighted by atomic mass is 32.2. The fourth-order valence-electron chi connectivity index (χ4n) is 3.15. The monoisotopic (exact) mass is 272 g/mol. The van der Waals surface area contributed by atoms with E-state index in [1.165, 1.54) is 0 Å². The first-order valence-electron chi connectivity index (χ1n) is 6.66. The van der Waals surface area contributed by atoms with E-state index in [0.717, 1.165) is 12.8 Å². The predicted octanol–water partition coefficient (Wildman–Crippen LogP) is 0.120. The van der Waals surface area contributed by atoms with Crippen LogP contribution in [-0.2, 0) is 14.6 Å². The third-order valence-corrected chi connectivity index (χ3v) is 6.10. The van der Waals surface area contributed by atoms with E-state index in [0.29, 0.717) is 12.3 Å². The fourth-order valence-corrected chi connectivity index (χ4v) is 4.86. The second-order valence-corrected chi connectivity index (χ2v) is 8.41. The summed E-state index contributed by atoms with van der Waals surface area (Å²) in [6.45, 7) is 4.14. The Balaban J connectivity index is 1.87. The number of carbonyl (C=O) groups excluding carboxylic acids is 1. The lowest BCUT2D eigenvalue weighted by Gasteiger charge is -2.31. The maximum absolute atomic E-state index is 12.5. The SMILES string of the molecule is CC(C)C1NC2(CC2)C(=O)N1C1CCS(=O)(=O)C1. The number of hydrogen-bond acceptors (Lipinski definition) is 4. The maximum atomic E-state index is 12.5. The molecule has 1 aliphatic carbocycles. The summed E-state index contributed by atoms with van der Waals surface area (Å²) >= 11 is 0. The number of amides is 1. The quantitative estimate of drug-likeness (QED) is 0.775. The largest absolute Gasteiger partial charge is 0.321 e. The molecule has 1 amide bonds. The number of sulfone groups is 1. The topological polar surface area (TPSA) is 66.5 Å². The summed E-state index contributed by atoms with van der Waals surface area (Å²) in [5.74, 6) is 0.791. The molecule has 2 unspecified atom stereocenters. The third kappa shape index (κ3) is 1.77. The van der Waals surface area contributed by atoms with Gasteiger partial charge in [-0.3, -0.25) is 10.1 Å². The van der Waals surface area contributed by atoms with Gasteiger partial charge >= 0.3 is 0 Å². The summed E-state index contributed by atoms with van der Waals surface area (Å²) in [5.41, 5.74) is -0.346. The molecule has 3 fully saturated rings. The molecule has 1 N–H and O–H groups in total. The number of carbonyl (C=O) groups is 1. The van der Waals surface area contributed by atoms with Gasteiger partial charge in [0.25, 0.3) is 0 Å². The normalized spacial score (nSPS) is 36.8. The van der Waals surface area contributed by atoms with Crippen molar-refractivity contribution >= 4 is 15.7 Å². The molecule has 6 heteroatoms. The molecule has 1 spiro atoms. The Hall–Kier alpha value is -0.620. The standard InChI is InChI=1S/C12H20N2O3S/c1-8(2)10-13-12(4-5-12)11(15)14(10)9-3-6-18(16,17)7-9/h8-10,13H,3-7H2,1-2H3. The molecule has 5 nitrogen and oxygen atoms in total. The second kappa shape index (κ2) is 3.70. The molecule has 2 atom stereocenters. The van der Waals surface area contributed by atoms with Gasteiger partial charge in [-0.15, -0.1) is 0 Å². The molecule has 2 saturated heterocycles. The number of nitrogens with one attached hydrogen (secondary N) is 1. The van der Waals surface area contributed by atoms with Crippen molar-refractivity contribution in [3.8, 4) is 0 Å². The van der Waals surface area contributed by atoms with E-state index < -0.39 is 9.84 Å². The Morgan fingerprint density at radius 3 is 2.50 bits per heavy atom. The molecule has 0 aromatic carbocycles. The molecule has 1 saturated carbocycles. The molecule has 0 bridgehead atoms. The molecule has 0 aromatic rings. The van der Waals surface area contributed by atoms with Crippen molar-refractivity contribution in [3.05, 3.63) is 0 Å². The van der Waals surface area contributed by atoms with Crippen LogP contribution in [0.5, 0.6) is 0 Å². The molecule has 0 radical (unpaired) electrons. The highest BCUT2D eigenvalue weighted by Crippen LogP contribution is 2.44. The molecule has 2 heterocycles. The van der Waals surface area contributed by atoms with Crippen LogP contribution in [0.1, 0.15) is 33.1 Å². The molecule has 2 aliphatic heterocycles. The van der Waals surface area contributed by atoms with Crippen LogP contribution in [0.2, 0.25) is 0 Å². The van der Waals surface area contributed by atoms with E-state index in [2.05, 4.69) is 19.2 Å². The summed E-state index contributed by atoms with van der Waals surface area (Å²) in [5, 5.41) is 3.43. The molecular weight excluding hydrogens is 252 g/mol. The van der Waals surface area contributed by atoms with Gasteiger partial charge in [0.05, 0.1) is 23.2 Å². The summed E-state index contributed by atoms with van der Waals surface area (Å²) in [4.78, 5) is 14.3. The summed E-state index contributed by atoms with van der Waals surface area (Å²) in [7, 11) is -2.94. The number of rotatable bonds is 2. The lowest BCUT2D eigenvalue weighted by Crippen LogP contribution is -2.47.